The van der Waals surface area contributed by atoms with Crippen LogP contribution in [0.15, 0.2) is 10.6 Å². The number of primary amides is 1. The van der Waals surface area contributed by atoms with Gasteiger partial charge in [-0.25, -0.2) is 8.42 Å². The molecule has 2 amide bonds. The Morgan fingerprint density at radius 2 is 1.81 bits per heavy atom. The van der Waals surface area contributed by atoms with Crippen molar-refractivity contribution in [3.05, 3.63) is 11.8 Å². The maximum atomic E-state index is 12.9. The van der Waals surface area contributed by atoms with Gasteiger partial charge in [0.15, 0.2) is 9.84 Å². The lowest BCUT2D eigenvalue weighted by atomic mass is 9.89. The molecule has 2 rings (SSSR count). The van der Waals surface area contributed by atoms with E-state index < -0.39 is 37.1 Å². The fourth-order valence-corrected chi connectivity index (χ4v) is 4.51. The highest BCUT2D eigenvalue weighted by atomic mass is 32.2. The van der Waals surface area contributed by atoms with Crippen LogP contribution < -0.4 is 11.1 Å². The van der Waals surface area contributed by atoms with E-state index in [-0.39, 0.29) is 11.6 Å². The number of carbonyl (C=O) groups excluding carboxylic acids is 2. The van der Waals surface area contributed by atoms with Crippen LogP contribution in [0.25, 0.3) is 0 Å². The molecule has 1 fully saturated rings. The van der Waals surface area contributed by atoms with Crippen molar-refractivity contribution in [2.24, 2.45) is 5.73 Å². The largest absolute Gasteiger partial charge is 0.381 e. The minimum absolute atomic E-state index is 0.0467. The maximum Gasteiger partial charge on any atom is 0.247 e. The number of anilines is 1. The Kier molecular flexibility index (Phi) is 5.48. The molecule has 0 saturated carbocycles. The molecule has 0 aliphatic carbocycles. The van der Waals surface area contributed by atoms with E-state index in [4.69, 9.17) is 15.0 Å². The van der Waals surface area contributed by atoms with Gasteiger partial charge in [-0.3, -0.25) is 14.9 Å². The molecule has 10 heteroatoms. The number of ether oxygens (including phenoxy) is 1. The molecule has 0 bridgehead atoms. The second-order valence-corrected chi connectivity index (χ2v) is 10.2. The summed E-state index contributed by atoms with van der Waals surface area (Å²) in [7, 11) is -3.74. The van der Waals surface area contributed by atoms with Crippen molar-refractivity contribution in [2.45, 2.75) is 55.9 Å². The van der Waals surface area contributed by atoms with Crippen molar-refractivity contribution in [3.8, 4) is 0 Å². The van der Waals surface area contributed by atoms with Crippen molar-refractivity contribution in [2.75, 3.05) is 18.5 Å². The normalized spacial score (nSPS) is 17.1. The Labute approximate surface area is 152 Å². The molecule has 9 nitrogen and oxygen atoms in total. The first kappa shape index (κ1) is 20.4. The van der Waals surface area contributed by atoms with Crippen LogP contribution in [0.4, 0.5) is 5.88 Å². The summed E-state index contributed by atoms with van der Waals surface area (Å²) in [6.07, 6.45) is 0.719. The molecule has 1 aromatic heterocycles. The van der Waals surface area contributed by atoms with Crippen LogP contribution in [0.2, 0.25) is 0 Å². The molecule has 0 atom stereocenters. The summed E-state index contributed by atoms with van der Waals surface area (Å²) >= 11 is 0. The van der Waals surface area contributed by atoms with E-state index in [0.717, 1.165) is 0 Å². The molecule has 3 N–H and O–H groups in total. The van der Waals surface area contributed by atoms with Gasteiger partial charge in [0.2, 0.25) is 17.7 Å². The maximum absolute atomic E-state index is 12.9. The highest BCUT2D eigenvalue weighted by Crippen LogP contribution is 2.30. The molecule has 1 aliphatic heterocycles. The van der Waals surface area contributed by atoms with Gasteiger partial charge in [-0.1, -0.05) is 5.16 Å². The van der Waals surface area contributed by atoms with Crippen molar-refractivity contribution >= 4 is 27.5 Å². The Hall–Kier alpha value is -1.94. The lowest BCUT2D eigenvalue weighted by molar-refractivity contribution is -0.122. The van der Waals surface area contributed by atoms with Gasteiger partial charge >= 0.3 is 0 Å². The molecule has 1 aromatic rings. The van der Waals surface area contributed by atoms with Crippen molar-refractivity contribution in [1.29, 1.82) is 0 Å². The van der Waals surface area contributed by atoms with E-state index in [1.165, 1.54) is 19.9 Å². The number of hydrogen-bond acceptors (Lipinski definition) is 7. The first-order chi connectivity index (χ1) is 11.9. The molecule has 0 aromatic carbocycles. The van der Waals surface area contributed by atoms with Crippen LogP contribution in [0, 0.1) is 0 Å². The minimum Gasteiger partial charge on any atom is -0.381 e. The molecule has 1 aliphatic rings. The van der Waals surface area contributed by atoms with Gasteiger partial charge < -0.3 is 15.0 Å². The van der Waals surface area contributed by atoms with Gasteiger partial charge in [0.1, 0.15) is 10.4 Å². The Bertz CT molecular complexity index is 791. The summed E-state index contributed by atoms with van der Waals surface area (Å²) in [5, 5.41) is 5.54. The quantitative estimate of drug-likeness (QED) is 0.733. The van der Waals surface area contributed by atoms with Crippen molar-refractivity contribution < 1.29 is 27.3 Å². The number of carbonyl (C=O) groups is 2. The third kappa shape index (κ3) is 3.61. The number of rotatable bonds is 6. The summed E-state index contributed by atoms with van der Waals surface area (Å²) < 4.78 is 34.3. The number of hydrogen-bond donors (Lipinski definition) is 2. The zero-order valence-electron chi connectivity index (χ0n) is 15.4. The molecule has 0 radical (unpaired) electrons. The molecular weight excluding hydrogens is 362 g/mol. The predicted molar refractivity (Wildman–Crippen MR) is 94.2 cm³/mol. The molecule has 0 spiro atoms. The van der Waals surface area contributed by atoms with Crippen LogP contribution >= 0.6 is 0 Å². The fourth-order valence-electron chi connectivity index (χ4n) is 2.55. The number of sulfone groups is 1. The third-order valence-corrected chi connectivity index (χ3v) is 7.83. The van der Waals surface area contributed by atoms with Crippen LogP contribution in [0.5, 0.6) is 0 Å². The van der Waals surface area contributed by atoms with Gasteiger partial charge in [0.05, 0.1) is 10.7 Å². The Balaban J connectivity index is 2.18. The van der Waals surface area contributed by atoms with E-state index >= 15 is 0 Å². The Morgan fingerprint density at radius 1 is 1.23 bits per heavy atom. The summed E-state index contributed by atoms with van der Waals surface area (Å²) in [6, 6.07) is 1.36. The van der Waals surface area contributed by atoms with E-state index in [0.29, 0.717) is 26.1 Å². The summed E-state index contributed by atoms with van der Waals surface area (Å²) in [4.78, 5) is 24.1. The molecule has 1 saturated heterocycles. The second-order valence-electron chi connectivity index (χ2n) is 7.39. The smallest absolute Gasteiger partial charge is 0.247 e. The number of nitrogens with zero attached hydrogens (tertiary/aromatic N) is 1. The van der Waals surface area contributed by atoms with Gasteiger partial charge in [-0.05, 0) is 40.5 Å². The second kappa shape index (κ2) is 6.99. The number of nitrogens with one attached hydrogen (secondary N) is 1. The highest BCUT2D eigenvalue weighted by Gasteiger charge is 2.47. The lowest BCUT2D eigenvalue weighted by Gasteiger charge is -2.30. The zero-order valence-corrected chi connectivity index (χ0v) is 16.2. The minimum atomic E-state index is -3.74. The molecule has 26 heavy (non-hydrogen) atoms. The summed E-state index contributed by atoms with van der Waals surface area (Å²) in [5.74, 6) is -1.38. The Morgan fingerprint density at radius 3 is 2.35 bits per heavy atom. The SMILES string of the molecule is CC(C)(C(N)=O)c1cc(NC(=O)C(C)(C)S(=O)(=O)C2CCOCC2)on1. The van der Waals surface area contributed by atoms with Crippen molar-refractivity contribution in [3.63, 3.8) is 0 Å². The first-order valence-corrected chi connectivity index (χ1v) is 9.85. The summed E-state index contributed by atoms with van der Waals surface area (Å²) in [5.41, 5.74) is 4.48. The summed E-state index contributed by atoms with van der Waals surface area (Å²) in [6.45, 7) is 6.57. The number of aromatic nitrogens is 1. The van der Waals surface area contributed by atoms with Gasteiger partial charge in [-0.15, -0.1) is 0 Å². The lowest BCUT2D eigenvalue weighted by Crippen LogP contribution is -2.50. The fraction of sp³-hybridized carbons (Fsp3) is 0.688. The third-order valence-electron chi connectivity index (χ3n) is 4.87. The van der Waals surface area contributed by atoms with E-state index in [1.807, 2.05) is 0 Å². The van der Waals surface area contributed by atoms with Crippen LogP contribution in [-0.4, -0.2) is 48.6 Å². The van der Waals surface area contributed by atoms with Gasteiger partial charge in [-0.2, -0.15) is 0 Å². The average molecular weight is 387 g/mol. The van der Waals surface area contributed by atoms with E-state index in [2.05, 4.69) is 10.5 Å². The number of nitrogens with two attached hydrogens (primary N) is 1. The highest BCUT2D eigenvalue weighted by molar-refractivity contribution is 7.94. The van der Waals surface area contributed by atoms with Gasteiger partial charge in [0.25, 0.3) is 0 Å². The van der Waals surface area contributed by atoms with E-state index in [1.54, 1.807) is 13.8 Å². The monoisotopic (exact) mass is 387 g/mol. The topological polar surface area (TPSA) is 142 Å². The van der Waals surface area contributed by atoms with Crippen LogP contribution in [0.1, 0.15) is 46.2 Å². The standard InChI is InChI=1S/C16H25N3O6S/c1-15(2,13(17)20)11-9-12(25-19-11)18-14(21)16(3,4)26(22,23)10-5-7-24-8-6-10/h9-10H,5-8H2,1-4H3,(H2,17,20)(H,18,21). The first-order valence-electron chi connectivity index (χ1n) is 8.30. The van der Waals surface area contributed by atoms with Crippen LogP contribution in [0.3, 0.4) is 0 Å². The van der Waals surface area contributed by atoms with E-state index in [9.17, 15) is 18.0 Å². The van der Waals surface area contributed by atoms with Crippen LogP contribution in [-0.2, 0) is 29.6 Å². The molecule has 146 valence electrons. The number of amides is 2. The zero-order chi connectivity index (χ0) is 19.8. The molecule has 0 unspecified atom stereocenters. The predicted octanol–water partition coefficient (Wildman–Crippen LogP) is 0.748. The van der Waals surface area contributed by atoms with Crippen molar-refractivity contribution in [1.82, 2.24) is 5.16 Å². The average Bonchev–Trinajstić information content (AvgIpc) is 3.04. The molecular formula is C16H25N3O6S. The molecule has 2 heterocycles. The van der Waals surface area contributed by atoms with Gasteiger partial charge in [0, 0.05) is 19.3 Å².